The van der Waals surface area contributed by atoms with Gasteiger partial charge in [0, 0.05) is 5.69 Å². The number of nitrogens with one attached hydrogen (secondary N) is 2. The number of aliphatic hydroxyl groups excluding tert-OH is 1. The normalized spacial score (nSPS) is 14.2. The molecule has 1 aromatic carbocycles. The van der Waals surface area contributed by atoms with Crippen LogP contribution in [0.2, 0.25) is 0 Å². The van der Waals surface area contributed by atoms with Crippen molar-refractivity contribution in [2.45, 2.75) is 37.3 Å². The van der Waals surface area contributed by atoms with E-state index < -0.39 is 21.7 Å². The predicted molar refractivity (Wildman–Crippen MR) is 76.5 cm³/mol. The summed E-state index contributed by atoms with van der Waals surface area (Å²) in [5.74, 6) is 0. The molecular formula is C12H21N3O3S. The van der Waals surface area contributed by atoms with Crippen LogP contribution < -0.4 is 15.8 Å². The Morgan fingerprint density at radius 1 is 1.37 bits per heavy atom. The molecule has 0 saturated heterocycles. The number of aliphatic hydroxyl groups is 1. The van der Waals surface area contributed by atoms with Crippen LogP contribution in [-0.4, -0.2) is 32.2 Å². The Balaban J connectivity index is 3.08. The average Bonchev–Trinajstić information content (AvgIpc) is 2.27. The first-order chi connectivity index (χ1) is 8.60. The van der Waals surface area contributed by atoms with Crippen LogP contribution in [0.3, 0.4) is 0 Å². The van der Waals surface area contributed by atoms with Gasteiger partial charge < -0.3 is 16.2 Å². The smallest absolute Gasteiger partial charge is 0.242 e. The van der Waals surface area contributed by atoms with Crippen molar-refractivity contribution < 1.29 is 13.5 Å². The molecule has 0 radical (unpaired) electrons. The maximum Gasteiger partial charge on any atom is 0.242 e. The molecule has 0 bridgehead atoms. The summed E-state index contributed by atoms with van der Waals surface area (Å²) >= 11 is 0. The van der Waals surface area contributed by atoms with Gasteiger partial charge in [0.25, 0.3) is 0 Å². The third-order valence-corrected chi connectivity index (χ3v) is 4.57. The topological polar surface area (TPSA) is 104 Å². The van der Waals surface area contributed by atoms with Gasteiger partial charge in [-0.2, -0.15) is 0 Å². The second-order valence-electron chi connectivity index (χ2n) is 4.98. The monoisotopic (exact) mass is 287 g/mol. The Morgan fingerprint density at radius 2 is 1.95 bits per heavy atom. The van der Waals surface area contributed by atoms with E-state index in [-0.39, 0.29) is 10.6 Å². The molecule has 0 heterocycles. The van der Waals surface area contributed by atoms with Crippen LogP contribution in [0.4, 0.5) is 11.4 Å². The molecule has 0 saturated carbocycles. The number of hydrogen-bond acceptors (Lipinski definition) is 5. The van der Waals surface area contributed by atoms with Gasteiger partial charge in [0.1, 0.15) is 4.90 Å². The SMILES string of the molecule is CNS(=O)(=O)c1ccc(NC(C)(C)C(C)O)cc1N. The van der Waals surface area contributed by atoms with Crippen molar-refractivity contribution in [3.63, 3.8) is 0 Å². The van der Waals surface area contributed by atoms with Crippen molar-refractivity contribution >= 4 is 21.4 Å². The lowest BCUT2D eigenvalue weighted by atomic mass is 9.98. The molecule has 1 unspecified atom stereocenters. The summed E-state index contributed by atoms with van der Waals surface area (Å²) in [6.07, 6.45) is -0.575. The second kappa shape index (κ2) is 5.36. The molecule has 0 aromatic heterocycles. The van der Waals surface area contributed by atoms with Crippen LogP contribution in [-0.2, 0) is 10.0 Å². The summed E-state index contributed by atoms with van der Waals surface area (Å²) in [4.78, 5) is 0.0374. The largest absolute Gasteiger partial charge is 0.398 e. The van der Waals surface area contributed by atoms with Crippen molar-refractivity contribution in [1.82, 2.24) is 4.72 Å². The van der Waals surface area contributed by atoms with Gasteiger partial charge in [-0.15, -0.1) is 0 Å². The molecule has 6 nitrogen and oxygen atoms in total. The van der Waals surface area contributed by atoms with E-state index in [2.05, 4.69) is 10.0 Å². The van der Waals surface area contributed by atoms with E-state index in [4.69, 9.17) is 5.73 Å². The number of rotatable bonds is 5. The third kappa shape index (κ3) is 3.59. The predicted octanol–water partition coefficient (Wildman–Crippen LogP) is 0.748. The van der Waals surface area contributed by atoms with Gasteiger partial charge in [0.2, 0.25) is 10.0 Å². The van der Waals surface area contributed by atoms with E-state index in [0.29, 0.717) is 5.69 Å². The van der Waals surface area contributed by atoms with Gasteiger partial charge in [-0.1, -0.05) is 0 Å². The Kier molecular flexibility index (Phi) is 4.44. The summed E-state index contributed by atoms with van der Waals surface area (Å²) in [5.41, 5.74) is 6.02. The van der Waals surface area contributed by atoms with Crippen molar-refractivity contribution in [1.29, 1.82) is 0 Å². The van der Waals surface area contributed by atoms with Crippen molar-refractivity contribution in [3.8, 4) is 0 Å². The van der Waals surface area contributed by atoms with E-state index >= 15 is 0 Å². The fraction of sp³-hybridized carbons (Fsp3) is 0.500. The highest BCUT2D eigenvalue weighted by Crippen LogP contribution is 2.25. The number of nitrogen functional groups attached to an aromatic ring is 1. The van der Waals surface area contributed by atoms with Crippen LogP contribution in [0, 0.1) is 0 Å². The van der Waals surface area contributed by atoms with E-state index in [0.717, 1.165) is 0 Å². The molecule has 0 aliphatic rings. The molecule has 5 N–H and O–H groups in total. The average molecular weight is 287 g/mol. The Bertz CT molecular complexity index is 553. The lowest BCUT2D eigenvalue weighted by Crippen LogP contribution is -2.41. The summed E-state index contributed by atoms with van der Waals surface area (Å²) in [6.45, 7) is 5.36. The Hall–Kier alpha value is -1.31. The van der Waals surface area contributed by atoms with Gasteiger partial charge in [-0.05, 0) is 46.0 Å². The minimum atomic E-state index is -3.56. The van der Waals surface area contributed by atoms with Crippen LogP contribution in [0.15, 0.2) is 23.1 Å². The minimum Gasteiger partial charge on any atom is -0.398 e. The van der Waals surface area contributed by atoms with Gasteiger partial charge in [-0.3, -0.25) is 0 Å². The highest BCUT2D eigenvalue weighted by molar-refractivity contribution is 7.89. The Labute approximate surface area is 114 Å². The van der Waals surface area contributed by atoms with Crippen LogP contribution in [0.25, 0.3) is 0 Å². The van der Waals surface area contributed by atoms with E-state index in [1.807, 2.05) is 13.8 Å². The number of hydrogen-bond donors (Lipinski definition) is 4. The fourth-order valence-electron chi connectivity index (χ4n) is 1.46. The fourth-order valence-corrected chi connectivity index (χ4v) is 2.29. The van der Waals surface area contributed by atoms with Crippen molar-refractivity contribution in [2.75, 3.05) is 18.1 Å². The van der Waals surface area contributed by atoms with Crippen molar-refractivity contribution in [2.24, 2.45) is 0 Å². The highest BCUT2D eigenvalue weighted by Gasteiger charge is 2.24. The van der Waals surface area contributed by atoms with Crippen LogP contribution in [0.5, 0.6) is 0 Å². The van der Waals surface area contributed by atoms with Crippen molar-refractivity contribution in [3.05, 3.63) is 18.2 Å². The molecule has 0 spiro atoms. The zero-order valence-corrected chi connectivity index (χ0v) is 12.4. The van der Waals surface area contributed by atoms with Gasteiger partial charge in [-0.25, -0.2) is 13.1 Å². The molecule has 7 heteroatoms. The molecule has 0 aliphatic heterocycles. The Morgan fingerprint density at radius 3 is 2.37 bits per heavy atom. The lowest BCUT2D eigenvalue weighted by molar-refractivity contribution is 0.133. The lowest BCUT2D eigenvalue weighted by Gasteiger charge is -2.30. The molecule has 0 amide bonds. The van der Waals surface area contributed by atoms with Crippen LogP contribution >= 0.6 is 0 Å². The number of benzene rings is 1. The first-order valence-corrected chi connectivity index (χ1v) is 7.38. The van der Waals surface area contributed by atoms with Gasteiger partial charge in [0.05, 0.1) is 17.3 Å². The van der Waals surface area contributed by atoms with E-state index in [1.165, 1.54) is 19.2 Å². The second-order valence-corrected chi connectivity index (χ2v) is 6.84. The molecule has 108 valence electrons. The molecular weight excluding hydrogens is 266 g/mol. The molecule has 0 aliphatic carbocycles. The highest BCUT2D eigenvalue weighted by atomic mass is 32.2. The first-order valence-electron chi connectivity index (χ1n) is 5.89. The summed E-state index contributed by atoms with van der Waals surface area (Å²) in [7, 11) is -2.23. The standard InChI is InChI=1S/C12H21N3O3S/c1-8(16)12(2,3)15-9-5-6-11(10(13)7-9)19(17,18)14-4/h5-8,14-16H,13H2,1-4H3. The zero-order chi connectivity index (χ0) is 14.8. The summed E-state index contributed by atoms with van der Waals surface area (Å²) < 4.78 is 25.6. The first kappa shape index (κ1) is 15.7. The molecule has 1 atom stereocenters. The maximum absolute atomic E-state index is 11.7. The molecule has 19 heavy (non-hydrogen) atoms. The quantitative estimate of drug-likeness (QED) is 0.598. The van der Waals surface area contributed by atoms with E-state index in [9.17, 15) is 13.5 Å². The molecule has 0 fully saturated rings. The number of nitrogens with two attached hydrogens (primary N) is 1. The van der Waals surface area contributed by atoms with Gasteiger partial charge in [0.15, 0.2) is 0 Å². The van der Waals surface area contributed by atoms with Crippen LogP contribution in [0.1, 0.15) is 20.8 Å². The molecule has 1 aromatic rings. The van der Waals surface area contributed by atoms with Gasteiger partial charge >= 0.3 is 0 Å². The maximum atomic E-state index is 11.7. The van der Waals surface area contributed by atoms with E-state index in [1.54, 1.807) is 13.0 Å². The summed E-state index contributed by atoms with van der Waals surface area (Å²) in [6, 6.07) is 4.58. The summed E-state index contributed by atoms with van der Waals surface area (Å²) in [5, 5.41) is 12.7. The number of sulfonamides is 1. The molecule has 1 rings (SSSR count). The number of anilines is 2. The zero-order valence-electron chi connectivity index (χ0n) is 11.6. The third-order valence-electron chi connectivity index (χ3n) is 3.08. The minimum absolute atomic E-state index is 0.0374.